The quantitative estimate of drug-likeness (QED) is 0.812. The molecule has 0 radical (unpaired) electrons. The highest BCUT2D eigenvalue weighted by Gasteiger charge is 2.12. The summed E-state index contributed by atoms with van der Waals surface area (Å²) >= 11 is 0. The molecule has 0 heterocycles. The zero-order chi connectivity index (χ0) is 16.1. The van der Waals surface area contributed by atoms with E-state index in [0.29, 0.717) is 11.6 Å². The summed E-state index contributed by atoms with van der Waals surface area (Å²) in [5.41, 5.74) is 1.62. The molecule has 0 aliphatic carbocycles. The van der Waals surface area contributed by atoms with Crippen LogP contribution < -0.4 is 10.6 Å². The molecule has 0 fully saturated rings. The highest BCUT2D eigenvalue weighted by molar-refractivity contribution is 5.89. The largest absolute Gasteiger partial charge is 0.387 e. The van der Waals surface area contributed by atoms with Gasteiger partial charge in [-0.2, -0.15) is 0 Å². The van der Waals surface area contributed by atoms with Crippen molar-refractivity contribution in [3.8, 4) is 0 Å². The molecule has 2 aromatic carbocycles. The van der Waals surface area contributed by atoms with E-state index in [2.05, 4.69) is 10.6 Å². The van der Waals surface area contributed by atoms with Crippen LogP contribution in [0.15, 0.2) is 42.5 Å². The topological polar surface area (TPSA) is 61.4 Å². The Bertz CT molecular complexity index is 657. The lowest BCUT2D eigenvalue weighted by atomic mass is 10.0. The van der Waals surface area contributed by atoms with Gasteiger partial charge >= 0.3 is 6.03 Å². The number of benzene rings is 2. The van der Waals surface area contributed by atoms with Crippen LogP contribution in [0.25, 0.3) is 0 Å². The van der Waals surface area contributed by atoms with Crippen molar-refractivity contribution in [3.63, 3.8) is 0 Å². The molecule has 0 saturated carbocycles. The predicted molar refractivity (Wildman–Crippen MR) is 79.5 cm³/mol. The number of carbonyl (C=O) groups excluding carboxylic acids is 1. The maximum Gasteiger partial charge on any atom is 0.319 e. The van der Waals surface area contributed by atoms with E-state index < -0.39 is 23.8 Å². The summed E-state index contributed by atoms with van der Waals surface area (Å²) < 4.78 is 26.0. The lowest BCUT2D eigenvalue weighted by Gasteiger charge is -2.15. The molecule has 1 atom stereocenters. The van der Waals surface area contributed by atoms with Gasteiger partial charge < -0.3 is 15.7 Å². The van der Waals surface area contributed by atoms with Crippen LogP contribution >= 0.6 is 0 Å². The minimum absolute atomic E-state index is 0.000353. The Morgan fingerprint density at radius 2 is 1.82 bits per heavy atom. The molecule has 0 saturated heterocycles. The van der Waals surface area contributed by atoms with E-state index >= 15 is 0 Å². The number of hydrogen-bond donors (Lipinski definition) is 3. The molecular weight excluding hydrogens is 290 g/mol. The first-order valence-electron chi connectivity index (χ1n) is 6.70. The Balaban J connectivity index is 1.91. The van der Waals surface area contributed by atoms with Gasteiger partial charge in [0.15, 0.2) is 0 Å². The van der Waals surface area contributed by atoms with Gasteiger partial charge in [0.1, 0.15) is 11.6 Å². The highest BCUT2D eigenvalue weighted by atomic mass is 19.1. The standard InChI is InChI=1S/C16H16F2N2O2/c1-10-4-2-3-5-14(10)15(21)9-19-16(22)20-13-7-11(17)6-12(18)8-13/h2-8,15,21H,9H2,1H3,(H2,19,20,22). The van der Waals surface area contributed by atoms with Crippen LogP contribution in [0.4, 0.5) is 19.3 Å². The summed E-state index contributed by atoms with van der Waals surface area (Å²) in [6, 6.07) is 9.32. The number of carbonyl (C=O) groups is 1. The van der Waals surface area contributed by atoms with Crippen molar-refractivity contribution in [2.75, 3.05) is 11.9 Å². The van der Waals surface area contributed by atoms with Crippen LogP contribution in [-0.2, 0) is 0 Å². The number of hydrogen-bond acceptors (Lipinski definition) is 2. The molecule has 6 heteroatoms. The highest BCUT2D eigenvalue weighted by Crippen LogP contribution is 2.16. The fourth-order valence-corrected chi connectivity index (χ4v) is 2.06. The minimum Gasteiger partial charge on any atom is -0.387 e. The Kier molecular flexibility index (Phi) is 5.06. The van der Waals surface area contributed by atoms with E-state index in [0.717, 1.165) is 17.7 Å². The van der Waals surface area contributed by atoms with Crippen LogP contribution in [-0.4, -0.2) is 17.7 Å². The number of aliphatic hydroxyl groups excluding tert-OH is 1. The number of aryl methyl sites for hydroxylation is 1. The Hall–Kier alpha value is -2.47. The van der Waals surface area contributed by atoms with Crippen LogP contribution in [0, 0.1) is 18.6 Å². The SMILES string of the molecule is Cc1ccccc1C(O)CNC(=O)Nc1cc(F)cc(F)c1. The first-order valence-corrected chi connectivity index (χ1v) is 6.70. The zero-order valence-corrected chi connectivity index (χ0v) is 11.9. The molecule has 116 valence electrons. The smallest absolute Gasteiger partial charge is 0.319 e. The second-order valence-electron chi connectivity index (χ2n) is 4.87. The summed E-state index contributed by atoms with van der Waals surface area (Å²) in [6.07, 6.45) is -0.865. The molecule has 0 spiro atoms. The minimum atomic E-state index is -0.865. The third-order valence-electron chi connectivity index (χ3n) is 3.12. The van der Waals surface area contributed by atoms with Crippen molar-refractivity contribution in [1.82, 2.24) is 5.32 Å². The summed E-state index contributed by atoms with van der Waals surface area (Å²) in [5, 5.41) is 14.8. The monoisotopic (exact) mass is 306 g/mol. The third kappa shape index (κ3) is 4.26. The first kappa shape index (κ1) is 15.9. The van der Waals surface area contributed by atoms with E-state index in [4.69, 9.17) is 0 Å². The fraction of sp³-hybridized carbons (Fsp3) is 0.188. The normalized spacial score (nSPS) is 11.8. The summed E-state index contributed by atoms with van der Waals surface area (Å²) in [5.74, 6) is -1.56. The molecule has 2 aromatic rings. The van der Waals surface area contributed by atoms with E-state index in [1.807, 2.05) is 19.1 Å². The number of halogens is 2. The molecule has 3 N–H and O–H groups in total. The second kappa shape index (κ2) is 7.00. The lowest BCUT2D eigenvalue weighted by Crippen LogP contribution is -2.32. The molecule has 0 aliphatic heterocycles. The van der Waals surface area contributed by atoms with Crippen LogP contribution in [0.5, 0.6) is 0 Å². The molecule has 0 aromatic heterocycles. The molecule has 1 unspecified atom stereocenters. The molecular formula is C16H16F2N2O2. The number of urea groups is 1. The van der Waals surface area contributed by atoms with Crippen molar-refractivity contribution in [2.24, 2.45) is 0 Å². The summed E-state index contributed by atoms with van der Waals surface area (Å²) in [6.45, 7) is 1.84. The lowest BCUT2D eigenvalue weighted by molar-refractivity contribution is 0.174. The average molecular weight is 306 g/mol. The number of rotatable bonds is 4. The van der Waals surface area contributed by atoms with Gasteiger partial charge in [-0.1, -0.05) is 24.3 Å². The predicted octanol–water partition coefficient (Wildman–Crippen LogP) is 3.13. The maximum absolute atomic E-state index is 13.0. The number of amides is 2. The van der Waals surface area contributed by atoms with E-state index in [9.17, 15) is 18.7 Å². The van der Waals surface area contributed by atoms with Gasteiger partial charge in [0.2, 0.25) is 0 Å². The van der Waals surface area contributed by atoms with Crippen molar-refractivity contribution < 1.29 is 18.7 Å². The summed E-state index contributed by atoms with van der Waals surface area (Å²) in [7, 11) is 0. The average Bonchev–Trinajstić information content (AvgIpc) is 2.44. The van der Waals surface area contributed by atoms with Gasteiger partial charge in [-0.05, 0) is 30.2 Å². The zero-order valence-electron chi connectivity index (χ0n) is 11.9. The van der Waals surface area contributed by atoms with Crippen LogP contribution in [0.2, 0.25) is 0 Å². The molecule has 2 amide bonds. The number of aliphatic hydroxyl groups is 1. The van der Waals surface area contributed by atoms with Gasteiger partial charge in [0.05, 0.1) is 6.10 Å². The number of nitrogens with one attached hydrogen (secondary N) is 2. The van der Waals surface area contributed by atoms with Gasteiger partial charge in [-0.15, -0.1) is 0 Å². The van der Waals surface area contributed by atoms with Crippen molar-refractivity contribution in [1.29, 1.82) is 0 Å². The van der Waals surface area contributed by atoms with Gasteiger partial charge in [0.25, 0.3) is 0 Å². The molecule has 4 nitrogen and oxygen atoms in total. The van der Waals surface area contributed by atoms with E-state index in [1.165, 1.54) is 0 Å². The number of anilines is 1. The molecule has 2 rings (SSSR count). The second-order valence-corrected chi connectivity index (χ2v) is 4.87. The maximum atomic E-state index is 13.0. The van der Waals surface area contributed by atoms with Gasteiger partial charge in [0, 0.05) is 18.3 Å². The van der Waals surface area contributed by atoms with Crippen molar-refractivity contribution in [3.05, 3.63) is 65.2 Å². The van der Waals surface area contributed by atoms with Gasteiger partial charge in [-0.25, -0.2) is 13.6 Å². The molecule has 0 bridgehead atoms. The van der Waals surface area contributed by atoms with Crippen LogP contribution in [0.1, 0.15) is 17.2 Å². The fourth-order valence-electron chi connectivity index (χ4n) is 2.06. The van der Waals surface area contributed by atoms with Crippen molar-refractivity contribution in [2.45, 2.75) is 13.0 Å². The van der Waals surface area contributed by atoms with Crippen molar-refractivity contribution >= 4 is 11.7 Å². The summed E-state index contributed by atoms with van der Waals surface area (Å²) in [4.78, 5) is 11.7. The first-order chi connectivity index (χ1) is 10.5. The Labute approximate surface area is 126 Å². The Morgan fingerprint density at radius 3 is 2.45 bits per heavy atom. The molecule has 0 aliphatic rings. The van der Waals surface area contributed by atoms with Crippen LogP contribution in [0.3, 0.4) is 0 Å². The van der Waals surface area contributed by atoms with E-state index in [1.54, 1.807) is 12.1 Å². The van der Waals surface area contributed by atoms with E-state index in [-0.39, 0.29) is 12.2 Å². The van der Waals surface area contributed by atoms with Gasteiger partial charge in [-0.3, -0.25) is 0 Å². The molecule has 22 heavy (non-hydrogen) atoms. The third-order valence-corrected chi connectivity index (χ3v) is 3.12. The Morgan fingerprint density at radius 1 is 1.18 bits per heavy atom.